The normalized spacial score (nSPS) is 12.5. The summed E-state index contributed by atoms with van der Waals surface area (Å²) in [6.07, 6.45) is 2.54. The highest BCUT2D eigenvalue weighted by Crippen LogP contribution is 2.26. The minimum Gasteiger partial charge on any atom is -0.414 e. The first-order chi connectivity index (χ1) is 12.7. The lowest BCUT2D eigenvalue weighted by molar-refractivity contribution is 0.385. The average Bonchev–Trinajstić information content (AvgIpc) is 3.29. The van der Waals surface area contributed by atoms with Crippen molar-refractivity contribution in [3.63, 3.8) is 0 Å². The number of fused-ring (bicyclic) bond motifs is 1. The van der Waals surface area contributed by atoms with Crippen molar-refractivity contribution >= 4 is 22.7 Å². The Morgan fingerprint density at radius 1 is 1.08 bits per heavy atom. The molecule has 2 heterocycles. The Labute approximate surface area is 153 Å². The van der Waals surface area contributed by atoms with Crippen molar-refractivity contribution in [2.45, 2.75) is 23.4 Å². The van der Waals surface area contributed by atoms with Crippen LogP contribution in [0, 0.1) is 5.82 Å². The lowest BCUT2D eigenvalue weighted by atomic mass is 10.1. The Balaban J connectivity index is 1.43. The Hall–Kier alpha value is -2.64. The van der Waals surface area contributed by atoms with Crippen molar-refractivity contribution in [3.8, 4) is 0 Å². The number of hydrogen-bond donors (Lipinski definition) is 2. The lowest BCUT2D eigenvalue weighted by Gasteiger charge is -2.05. The highest BCUT2D eigenvalue weighted by atomic mass is 32.2. The van der Waals surface area contributed by atoms with E-state index in [4.69, 9.17) is 10.2 Å². The third-order valence-corrected chi connectivity index (χ3v) is 5.03. The topological polar surface area (TPSA) is 80.7 Å². The predicted molar refractivity (Wildman–Crippen MR) is 99.2 cm³/mol. The van der Waals surface area contributed by atoms with E-state index in [9.17, 15) is 4.39 Å². The van der Waals surface area contributed by atoms with Crippen LogP contribution >= 0.6 is 11.8 Å². The van der Waals surface area contributed by atoms with Gasteiger partial charge in [0.15, 0.2) is 0 Å². The lowest BCUT2D eigenvalue weighted by Crippen LogP contribution is -2.13. The van der Waals surface area contributed by atoms with Gasteiger partial charge in [-0.15, -0.1) is 10.2 Å². The van der Waals surface area contributed by atoms with Crippen molar-refractivity contribution in [1.29, 1.82) is 0 Å². The second-order valence-electron chi connectivity index (χ2n) is 5.96. The molecule has 0 unspecified atom stereocenters. The molecule has 0 fully saturated rings. The van der Waals surface area contributed by atoms with Crippen molar-refractivity contribution in [2.75, 3.05) is 0 Å². The quantitative estimate of drug-likeness (QED) is 0.498. The summed E-state index contributed by atoms with van der Waals surface area (Å²) in [5.74, 6) is 0.563. The van der Waals surface area contributed by atoms with E-state index in [1.807, 2.05) is 24.4 Å². The molecule has 4 aromatic rings. The first-order valence-corrected chi connectivity index (χ1v) is 9.19. The molecule has 2 aromatic carbocycles. The van der Waals surface area contributed by atoms with Crippen LogP contribution < -0.4 is 5.73 Å². The molecule has 1 atom stereocenters. The highest BCUT2D eigenvalue weighted by Gasteiger charge is 2.17. The van der Waals surface area contributed by atoms with Crippen LogP contribution in [0.5, 0.6) is 0 Å². The van der Waals surface area contributed by atoms with Crippen LogP contribution in [-0.2, 0) is 12.2 Å². The molecule has 0 radical (unpaired) electrons. The molecule has 0 saturated heterocycles. The number of nitrogens with one attached hydrogen (secondary N) is 1. The summed E-state index contributed by atoms with van der Waals surface area (Å²) in [6, 6.07) is 14.3. The van der Waals surface area contributed by atoms with Crippen molar-refractivity contribution in [2.24, 2.45) is 5.73 Å². The van der Waals surface area contributed by atoms with Crippen molar-refractivity contribution in [1.82, 2.24) is 15.2 Å². The van der Waals surface area contributed by atoms with Crippen LogP contribution in [0.25, 0.3) is 10.9 Å². The summed E-state index contributed by atoms with van der Waals surface area (Å²) in [4.78, 5) is 3.23. The van der Waals surface area contributed by atoms with Crippen LogP contribution in [0.3, 0.4) is 0 Å². The van der Waals surface area contributed by atoms with Gasteiger partial charge in [-0.2, -0.15) is 0 Å². The van der Waals surface area contributed by atoms with Crippen molar-refractivity contribution in [3.05, 3.63) is 77.6 Å². The number of aromatic amines is 1. The van der Waals surface area contributed by atoms with Gasteiger partial charge in [0.25, 0.3) is 5.22 Å². The van der Waals surface area contributed by atoms with Gasteiger partial charge >= 0.3 is 0 Å². The standard InChI is InChI=1S/C19H17FN4OS/c20-15-7-3-1-5-12(15)11-26-19-24-23-18(25-19)16(21)9-13-10-22-17-8-4-2-6-14(13)17/h1-8,10,16,22H,9,11,21H2/t16-/m1/s1. The fourth-order valence-corrected chi connectivity index (χ4v) is 3.56. The zero-order valence-corrected chi connectivity index (χ0v) is 14.7. The van der Waals surface area contributed by atoms with Gasteiger partial charge in [0.2, 0.25) is 5.89 Å². The summed E-state index contributed by atoms with van der Waals surface area (Å²) in [5, 5.41) is 9.58. The van der Waals surface area contributed by atoms with Gasteiger partial charge in [-0.05, 0) is 29.7 Å². The molecule has 132 valence electrons. The Kier molecular flexibility index (Phi) is 4.73. The molecule has 3 N–H and O–H groups in total. The maximum Gasteiger partial charge on any atom is 0.276 e. The van der Waals surface area contributed by atoms with Gasteiger partial charge in [-0.25, -0.2) is 4.39 Å². The Morgan fingerprint density at radius 3 is 2.77 bits per heavy atom. The molecular weight excluding hydrogens is 351 g/mol. The van der Waals surface area contributed by atoms with E-state index in [-0.39, 0.29) is 5.82 Å². The molecule has 0 aliphatic heterocycles. The third-order valence-electron chi connectivity index (χ3n) is 4.16. The first-order valence-electron chi connectivity index (χ1n) is 8.21. The zero-order chi connectivity index (χ0) is 17.9. The Morgan fingerprint density at radius 2 is 1.88 bits per heavy atom. The molecule has 5 nitrogen and oxygen atoms in total. The monoisotopic (exact) mass is 368 g/mol. The number of hydrogen-bond acceptors (Lipinski definition) is 5. The summed E-state index contributed by atoms with van der Waals surface area (Å²) in [7, 11) is 0. The van der Waals surface area contributed by atoms with Crippen LogP contribution in [0.4, 0.5) is 4.39 Å². The maximum absolute atomic E-state index is 13.7. The number of nitrogens with zero attached hydrogens (tertiary/aromatic N) is 2. The molecule has 0 bridgehead atoms. The molecular formula is C19H17FN4OS. The van der Waals surface area contributed by atoms with E-state index in [2.05, 4.69) is 21.2 Å². The van der Waals surface area contributed by atoms with Crippen LogP contribution in [0.1, 0.15) is 23.1 Å². The van der Waals surface area contributed by atoms with E-state index < -0.39 is 6.04 Å². The highest BCUT2D eigenvalue weighted by molar-refractivity contribution is 7.98. The second kappa shape index (κ2) is 7.31. The molecule has 0 amide bonds. The van der Waals surface area contributed by atoms with Gasteiger partial charge in [0, 0.05) is 22.9 Å². The van der Waals surface area contributed by atoms with Gasteiger partial charge in [-0.1, -0.05) is 48.2 Å². The molecule has 0 aliphatic rings. The van der Waals surface area contributed by atoms with Crippen LogP contribution in [0.15, 0.2) is 64.4 Å². The number of H-pyrrole nitrogens is 1. The van der Waals surface area contributed by atoms with Crippen LogP contribution in [0.2, 0.25) is 0 Å². The van der Waals surface area contributed by atoms with Crippen LogP contribution in [-0.4, -0.2) is 15.2 Å². The minimum atomic E-state index is -0.399. The van der Waals surface area contributed by atoms with Gasteiger partial charge in [0.1, 0.15) is 5.82 Å². The van der Waals surface area contributed by atoms with Gasteiger partial charge in [0.05, 0.1) is 6.04 Å². The van der Waals surface area contributed by atoms with E-state index in [1.54, 1.807) is 18.2 Å². The number of benzene rings is 2. The van der Waals surface area contributed by atoms with E-state index >= 15 is 0 Å². The van der Waals surface area contributed by atoms with E-state index in [0.29, 0.717) is 28.9 Å². The first kappa shape index (κ1) is 16.8. The number of nitrogens with two attached hydrogens (primary N) is 1. The zero-order valence-electron chi connectivity index (χ0n) is 13.9. The van der Waals surface area contributed by atoms with E-state index in [0.717, 1.165) is 16.5 Å². The molecule has 0 spiro atoms. The SMILES string of the molecule is N[C@H](Cc1c[nH]c2ccccc12)c1nnc(SCc2ccccc2F)o1. The molecule has 0 saturated carbocycles. The second-order valence-corrected chi connectivity index (χ2v) is 6.88. The van der Waals surface area contributed by atoms with E-state index in [1.165, 1.54) is 17.8 Å². The largest absolute Gasteiger partial charge is 0.414 e. The molecule has 4 rings (SSSR count). The number of aromatic nitrogens is 3. The Bertz CT molecular complexity index is 1030. The molecule has 2 aromatic heterocycles. The number of para-hydroxylation sites is 1. The van der Waals surface area contributed by atoms with Crippen molar-refractivity contribution < 1.29 is 8.81 Å². The number of thioether (sulfide) groups is 1. The maximum atomic E-state index is 13.7. The smallest absolute Gasteiger partial charge is 0.276 e. The fourth-order valence-electron chi connectivity index (χ4n) is 2.81. The summed E-state index contributed by atoms with van der Waals surface area (Å²) in [6.45, 7) is 0. The summed E-state index contributed by atoms with van der Waals surface area (Å²) >= 11 is 1.29. The average molecular weight is 368 g/mol. The third kappa shape index (κ3) is 3.49. The molecule has 0 aliphatic carbocycles. The fraction of sp³-hybridized carbons (Fsp3) is 0.158. The summed E-state index contributed by atoms with van der Waals surface area (Å²) < 4.78 is 19.3. The van der Waals surface area contributed by atoms with Gasteiger partial charge < -0.3 is 15.1 Å². The predicted octanol–water partition coefficient (Wildman–Crippen LogP) is 4.22. The number of rotatable bonds is 6. The molecule has 26 heavy (non-hydrogen) atoms. The number of halogens is 1. The molecule has 7 heteroatoms. The minimum absolute atomic E-state index is 0.240. The van der Waals surface area contributed by atoms with Gasteiger partial charge in [-0.3, -0.25) is 0 Å². The summed E-state index contributed by atoms with van der Waals surface area (Å²) in [5.41, 5.74) is 9.01.